The molecule has 0 aromatic carbocycles. The summed E-state index contributed by atoms with van der Waals surface area (Å²) < 4.78 is 5.34. The third-order valence-corrected chi connectivity index (χ3v) is 3.35. The lowest BCUT2D eigenvalue weighted by molar-refractivity contribution is -0.132. The van der Waals surface area contributed by atoms with Crippen LogP contribution >= 0.6 is 12.4 Å². The van der Waals surface area contributed by atoms with E-state index in [0.717, 1.165) is 25.7 Å². The van der Waals surface area contributed by atoms with E-state index < -0.39 is 0 Å². The van der Waals surface area contributed by atoms with Crippen molar-refractivity contribution >= 4 is 18.3 Å². The molecule has 0 spiro atoms. The number of carbonyl (C=O) groups is 1. The largest absolute Gasteiger partial charge is 0.368 e. The highest BCUT2D eigenvalue weighted by Crippen LogP contribution is 2.17. The molecule has 0 aromatic heterocycles. The van der Waals surface area contributed by atoms with Crippen molar-refractivity contribution in [2.45, 2.75) is 51.2 Å². The van der Waals surface area contributed by atoms with Crippen LogP contribution in [-0.4, -0.2) is 30.7 Å². The fourth-order valence-electron chi connectivity index (χ4n) is 1.89. The Hall–Kier alpha value is -0.320. The maximum absolute atomic E-state index is 11.8. The molecule has 4 nitrogen and oxygen atoms in total. The fraction of sp³-hybridized carbons (Fsp3) is 0.909. The maximum atomic E-state index is 11.8. The maximum Gasteiger partial charge on any atom is 0.249 e. The van der Waals surface area contributed by atoms with Crippen LogP contribution in [0.5, 0.6) is 0 Å². The number of amides is 1. The Morgan fingerprint density at radius 3 is 2.50 bits per heavy atom. The van der Waals surface area contributed by atoms with Crippen molar-refractivity contribution in [1.29, 1.82) is 0 Å². The molecule has 96 valence electrons. The van der Waals surface area contributed by atoms with Gasteiger partial charge in [-0.1, -0.05) is 13.8 Å². The number of halogens is 1. The SMILES string of the molecule is CCC(CC)(CN)NC(=O)C1CCCO1.Cl. The topological polar surface area (TPSA) is 64.3 Å². The third-order valence-electron chi connectivity index (χ3n) is 3.35. The molecule has 3 N–H and O–H groups in total. The zero-order chi connectivity index (χ0) is 11.3. The van der Waals surface area contributed by atoms with E-state index in [1.165, 1.54) is 0 Å². The number of nitrogens with two attached hydrogens (primary N) is 1. The van der Waals surface area contributed by atoms with Gasteiger partial charge in [-0.2, -0.15) is 0 Å². The summed E-state index contributed by atoms with van der Waals surface area (Å²) in [7, 11) is 0. The van der Waals surface area contributed by atoms with Gasteiger partial charge in [-0.15, -0.1) is 12.4 Å². The molecule has 0 radical (unpaired) electrons. The molecule has 1 rings (SSSR count). The summed E-state index contributed by atoms with van der Waals surface area (Å²) in [6, 6.07) is 0. The van der Waals surface area contributed by atoms with Gasteiger partial charge in [-0.3, -0.25) is 4.79 Å². The zero-order valence-electron chi connectivity index (χ0n) is 10.1. The first-order valence-corrected chi connectivity index (χ1v) is 5.81. The van der Waals surface area contributed by atoms with Gasteiger partial charge >= 0.3 is 0 Å². The second kappa shape index (κ2) is 7.09. The summed E-state index contributed by atoms with van der Waals surface area (Å²) in [6.07, 6.45) is 3.28. The van der Waals surface area contributed by atoms with Crippen LogP contribution < -0.4 is 11.1 Å². The van der Waals surface area contributed by atoms with Crippen LogP contribution in [0.25, 0.3) is 0 Å². The van der Waals surface area contributed by atoms with E-state index in [1.54, 1.807) is 0 Å². The van der Waals surface area contributed by atoms with Crippen LogP contribution in [-0.2, 0) is 9.53 Å². The summed E-state index contributed by atoms with van der Waals surface area (Å²) in [6.45, 7) is 5.28. The van der Waals surface area contributed by atoms with Gasteiger partial charge in [0.05, 0.1) is 5.54 Å². The molecule has 1 saturated heterocycles. The normalized spacial score (nSPS) is 20.3. The lowest BCUT2D eigenvalue weighted by Crippen LogP contribution is -2.55. The highest BCUT2D eigenvalue weighted by Gasteiger charge is 2.31. The molecule has 0 aromatic rings. The van der Waals surface area contributed by atoms with Crippen molar-refractivity contribution in [2.24, 2.45) is 5.73 Å². The molecule has 0 bridgehead atoms. The van der Waals surface area contributed by atoms with Crippen molar-refractivity contribution in [3.05, 3.63) is 0 Å². The summed E-state index contributed by atoms with van der Waals surface area (Å²) in [5, 5.41) is 3.03. The summed E-state index contributed by atoms with van der Waals surface area (Å²) in [5.41, 5.74) is 5.47. The number of carbonyl (C=O) groups excluding carboxylic acids is 1. The Kier molecular flexibility index (Phi) is 6.95. The van der Waals surface area contributed by atoms with E-state index in [1.807, 2.05) is 13.8 Å². The second-order valence-electron chi connectivity index (χ2n) is 4.18. The number of nitrogens with one attached hydrogen (secondary N) is 1. The quantitative estimate of drug-likeness (QED) is 0.771. The zero-order valence-corrected chi connectivity index (χ0v) is 10.9. The summed E-state index contributed by atoms with van der Waals surface area (Å²) >= 11 is 0. The molecule has 1 heterocycles. The first-order chi connectivity index (χ1) is 7.17. The first-order valence-electron chi connectivity index (χ1n) is 5.81. The van der Waals surface area contributed by atoms with Gasteiger partial charge in [-0.25, -0.2) is 0 Å². The van der Waals surface area contributed by atoms with Gasteiger partial charge in [-0.05, 0) is 25.7 Å². The monoisotopic (exact) mass is 250 g/mol. The molecular weight excluding hydrogens is 228 g/mol. The Morgan fingerprint density at radius 2 is 2.12 bits per heavy atom. The first kappa shape index (κ1) is 15.7. The van der Waals surface area contributed by atoms with E-state index in [4.69, 9.17) is 10.5 Å². The molecule has 5 heteroatoms. The van der Waals surface area contributed by atoms with Crippen molar-refractivity contribution in [3.63, 3.8) is 0 Å². The standard InChI is InChI=1S/C11H22N2O2.ClH/c1-3-11(4-2,8-12)13-10(14)9-6-5-7-15-9;/h9H,3-8,12H2,1-2H3,(H,13,14);1H. The van der Waals surface area contributed by atoms with E-state index in [2.05, 4.69) is 5.32 Å². The average Bonchev–Trinajstić information content (AvgIpc) is 2.79. The Morgan fingerprint density at radius 1 is 1.50 bits per heavy atom. The highest BCUT2D eigenvalue weighted by molar-refractivity contribution is 5.85. The van der Waals surface area contributed by atoms with E-state index in [0.29, 0.717) is 13.2 Å². The highest BCUT2D eigenvalue weighted by atomic mass is 35.5. The minimum atomic E-state index is -0.256. The fourth-order valence-corrected chi connectivity index (χ4v) is 1.89. The Labute approximate surface area is 104 Å². The van der Waals surface area contributed by atoms with Crippen molar-refractivity contribution in [1.82, 2.24) is 5.32 Å². The van der Waals surface area contributed by atoms with Gasteiger partial charge in [0, 0.05) is 13.2 Å². The Balaban J connectivity index is 0.00000225. The summed E-state index contributed by atoms with van der Waals surface area (Å²) in [4.78, 5) is 11.8. The molecule has 1 amide bonds. The smallest absolute Gasteiger partial charge is 0.249 e. The molecule has 16 heavy (non-hydrogen) atoms. The molecule has 1 atom stereocenters. The van der Waals surface area contributed by atoms with Crippen LogP contribution in [0.4, 0.5) is 0 Å². The summed E-state index contributed by atoms with van der Waals surface area (Å²) in [5.74, 6) is 0.00153. The Bertz CT molecular complexity index is 206. The van der Waals surface area contributed by atoms with Gasteiger partial charge in [0.15, 0.2) is 0 Å². The van der Waals surface area contributed by atoms with Crippen LogP contribution in [0.1, 0.15) is 39.5 Å². The lowest BCUT2D eigenvalue weighted by atomic mass is 9.92. The predicted octanol–water partition coefficient (Wildman–Crippen LogP) is 1.22. The van der Waals surface area contributed by atoms with Gasteiger partial charge < -0.3 is 15.8 Å². The molecule has 1 unspecified atom stereocenters. The minimum Gasteiger partial charge on any atom is -0.368 e. The second-order valence-corrected chi connectivity index (χ2v) is 4.18. The molecule has 0 aliphatic carbocycles. The van der Waals surface area contributed by atoms with Crippen molar-refractivity contribution < 1.29 is 9.53 Å². The number of hydrogen-bond donors (Lipinski definition) is 2. The van der Waals surface area contributed by atoms with Crippen LogP contribution in [0, 0.1) is 0 Å². The molecular formula is C11H23ClN2O2. The molecule has 0 saturated carbocycles. The number of ether oxygens (including phenoxy) is 1. The average molecular weight is 251 g/mol. The molecule has 1 aliphatic heterocycles. The van der Waals surface area contributed by atoms with Gasteiger partial charge in [0.2, 0.25) is 5.91 Å². The predicted molar refractivity (Wildman–Crippen MR) is 66.7 cm³/mol. The molecule has 1 fully saturated rings. The number of rotatable bonds is 5. The van der Waals surface area contributed by atoms with Gasteiger partial charge in [0.25, 0.3) is 0 Å². The van der Waals surface area contributed by atoms with Crippen molar-refractivity contribution in [2.75, 3.05) is 13.2 Å². The third kappa shape index (κ3) is 3.61. The van der Waals surface area contributed by atoms with E-state index in [-0.39, 0.29) is 30.0 Å². The van der Waals surface area contributed by atoms with Crippen LogP contribution in [0.2, 0.25) is 0 Å². The minimum absolute atomic E-state index is 0. The van der Waals surface area contributed by atoms with Crippen molar-refractivity contribution in [3.8, 4) is 0 Å². The molecule has 1 aliphatic rings. The number of hydrogen-bond acceptors (Lipinski definition) is 3. The van der Waals surface area contributed by atoms with Crippen LogP contribution in [0.15, 0.2) is 0 Å². The van der Waals surface area contributed by atoms with E-state index >= 15 is 0 Å². The van der Waals surface area contributed by atoms with Gasteiger partial charge in [0.1, 0.15) is 6.10 Å². The lowest BCUT2D eigenvalue weighted by Gasteiger charge is -2.32. The van der Waals surface area contributed by atoms with Crippen LogP contribution in [0.3, 0.4) is 0 Å². The van der Waals surface area contributed by atoms with E-state index in [9.17, 15) is 4.79 Å².